The van der Waals surface area contributed by atoms with E-state index in [4.69, 9.17) is 10.5 Å². The second-order valence-corrected chi connectivity index (χ2v) is 3.91. The summed E-state index contributed by atoms with van der Waals surface area (Å²) in [5, 5.41) is 5.06. The van der Waals surface area contributed by atoms with Crippen LogP contribution in [0.15, 0.2) is 24.3 Å². The predicted molar refractivity (Wildman–Crippen MR) is 72.9 cm³/mol. The highest BCUT2D eigenvalue weighted by atomic mass is 16.5. The van der Waals surface area contributed by atoms with Crippen LogP contribution in [0.3, 0.4) is 0 Å². The normalized spacial score (nSPS) is 9.79. The molecule has 4 N–H and O–H groups in total. The monoisotopic (exact) mass is 265 g/mol. The number of carbonyl (C=O) groups excluding carboxylic acids is 2. The number of ether oxygens (including phenoxy) is 1. The van der Waals surface area contributed by atoms with Gasteiger partial charge in [0.05, 0.1) is 19.7 Å². The fourth-order valence-electron chi connectivity index (χ4n) is 1.34. The molecule has 0 aliphatic carbocycles. The van der Waals surface area contributed by atoms with Crippen LogP contribution in [-0.2, 0) is 9.59 Å². The number of hydrogen-bond donors (Lipinski definition) is 3. The molecule has 0 bridgehead atoms. The van der Waals surface area contributed by atoms with Crippen molar-refractivity contribution in [2.75, 3.05) is 25.0 Å². The summed E-state index contributed by atoms with van der Waals surface area (Å²) < 4.78 is 5.46. The van der Waals surface area contributed by atoms with E-state index in [-0.39, 0.29) is 24.9 Å². The van der Waals surface area contributed by atoms with Gasteiger partial charge in [0.1, 0.15) is 5.75 Å². The van der Waals surface area contributed by atoms with Gasteiger partial charge in [-0.15, -0.1) is 0 Å². The van der Waals surface area contributed by atoms with Gasteiger partial charge >= 0.3 is 0 Å². The molecule has 0 aliphatic rings. The van der Waals surface area contributed by atoms with Crippen LogP contribution in [0.1, 0.15) is 13.3 Å². The van der Waals surface area contributed by atoms with E-state index in [0.29, 0.717) is 18.0 Å². The molecule has 0 spiro atoms. The minimum atomic E-state index is -0.366. The molecule has 0 fully saturated rings. The van der Waals surface area contributed by atoms with Crippen LogP contribution in [0.4, 0.5) is 5.69 Å². The van der Waals surface area contributed by atoms with Gasteiger partial charge in [-0.2, -0.15) is 0 Å². The Labute approximate surface area is 112 Å². The summed E-state index contributed by atoms with van der Waals surface area (Å²) in [6.07, 6.45) is 0.918. The highest BCUT2D eigenvalue weighted by molar-refractivity contribution is 5.94. The first-order valence-electron chi connectivity index (χ1n) is 6.15. The summed E-state index contributed by atoms with van der Waals surface area (Å²) in [6.45, 7) is 2.42. The molecular formula is C13H19N3O3. The Bertz CT molecular complexity index is 435. The Kier molecular flexibility index (Phi) is 6.38. The van der Waals surface area contributed by atoms with Gasteiger partial charge in [-0.3, -0.25) is 9.59 Å². The molecule has 1 aromatic rings. The topological polar surface area (TPSA) is 93.5 Å². The van der Waals surface area contributed by atoms with Crippen molar-refractivity contribution >= 4 is 17.5 Å². The zero-order valence-electron chi connectivity index (χ0n) is 10.9. The third-order valence-electron chi connectivity index (χ3n) is 2.22. The summed E-state index contributed by atoms with van der Waals surface area (Å²) in [4.78, 5) is 22.5. The summed E-state index contributed by atoms with van der Waals surface area (Å²) >= 11 is 0. The third kappa shape index (κ3) is 5.87. The Morgan fingerprint density at radius 1 is 1.32 bits per heavy atom. The van der Waals surface area contributed by atoms with Gasteiger partial charge in [0.2, 0.25) is 11.8 Å². The lowest BCUT2D eigenvalue weighted by Crippen LogP contribution is -2.36. The molecule has 6 nitrogen and oxygen atoms in total. The fourth-order valence-corrected chi connectivity index (χ4v) is 1.34. The van der Waals surface area contributed by atoms with Crippen LogP contribution >= 0.6 is 0 Å². The van der Waals surface area contributed by atoms with Crippen LogP contribution in [-0.4, -0.2) is 31.5 Å². The molecule has 104 valence electrons. The molecule has 0 aromatic heterocycles. The molecule has 0 saturated carbocycles. The zero-order chi connectivity index (χ0) is 14.1. The first-order chi connectivity index (χ1) is 9.15. The second-order valence-electron chi connectivity index (χ2n) is 3.91. The van der Waals surface area contributed by atoms with Gasteiger partial charge in [0.15, 0.2) is 0 Å². The quantitative estimate of drug-likeness (QED) is 0.669. The van der Waals surface area contributed by atoms with E-state index >= 15 is 0 Å². The van der Waals surface area contributed by atoms with E-state index in [9.17, 15) is 9.59 Å². The maximum Gasteiger partial charge on any atom is 0.243 e. The predicted octanol–water partition coefficient (Wildman–Crippen LogP) is 0.489. The van der Waals surface area contributed by atoms with Crippen LogP contribution in [0.5, 0.6) is 5.75 Å². The van der Waals surface area contributed by atoms with E-state index in [1.807, 2.05) is 13.0 Å². The van der Waals surface area contributed by atoms with Crippen molar-refractivity contribution in [2.45, 2.75) is 13.3 Å². The van der Waals surface area contributed by atoms with Crippen LogP contribution < -0.4 is 21.1 Å². The van der Waals surface area contributed by atoms with E-state index in [1.165, 1.54) is 0 Å². The Morgan fingerprint density at radius 2 is 2.11 bits per heavy atom. The van der Waals surface area contributed by atoms with E-state index in [0.717, 1.165) is 6.42 Å². The number of carbonyl (C=O) groups is 2. The highest BCUT2D eigenvalue weighted by Crippen LogP contribution is 2.17. The summed E-state index contributed by atoms with van der Waals surface area (Å²) in [7, 11) is 0. The van der Waals surface area contributed by atoms with Crippen molar-refractivity contribution < 1.29 is 14.3 Å². The van der Waals surface area contributed by atoms with E-state index < -0.39 is 0 Å². The second kappa shape index (κ2) is 8.10. The van der Waals surface area contributed by atoms with E-state index in [1.54, 1.807) is 18.2 Å². The molecule has 0 radical (unpaired) electrons. The summed E-state index contributed by atoms with van der Waals surface area (Å²) in [5.74, 6) is 0.0234. The van der Waals surface area contributed by atoms with Crippen molar-refractivity contribution in [1.82, 2.24) is 5.32 Å². The van der Waals surface area contributed by atoms with Gasteiger partial charge in [0, 0.05) is 11.8 Å². The van der Waals surface area contributed by atoms with Crippen molar-refractivity contribution in [1.29, 1.82) is 0 Å². The number of rotatable bonds is 7. The molecule has 1 rings (SSSR count). The highest BCUT2D eigenvalue weighted by Gasteiger charge is 2.05. The fraction of sp³-hybridized carbons (Fsp3) is 0.385. The lowest BCUT2D eigenvalue weighted by Gasteiger charge is -2.09. The van der Waals surface area contributed by atoms with Crippen molar-refractivity contribution in [2.24, 2.45) is 5.73 Å². The molecule has 0 unspecified atom stereocenters. The van der Waals surface area contributed by atoms with Crippen molar-refractivity contribution in [3.05, 3.63) is 24.3 Å². The lowest BCUT2D eigenvalue weighted by molar-refractivity contribution is -0.123. The number of anilines is 1. The van der Waals surface area contributed by atoms with Gasteiger partial charge in [-0.05, 0) is 18.6 Å². The van der Waals surface area contributed by atoms with Gasteiger partial charge in [-0.1, -0.05) is 13.0 Å². The Morgan fingerprint density at radius 3 is 2.79 bits per heavy atom. The lowest BCUT2D eigenvalue weighted by atomic mass is 10.3. The number of amides is 2. The molecule has 2 amide bonds. The van der Waals surface area contributed by atoms with Gasteiger partial charge in [0.25, 0.3) is 0 Å². The molecule has 19 heavy (non-hydrogen) atoms. The molecule has 0 atom stereocenters. The van der Waals surface area contributed by atoms with Gasteiger partial charge in [-0.25, -0.2) is 0 Å². The van der Waals surface area contributed by atoms with Crippen LogP contribution in [0.2, 0.25) is 0 Å². The SMILES string of the molecule is CCCOc1cccc(NC(=O)CNC(=O)CN)c1. The molecule has 1 aromatic carbocycles. The standard InChI is InChI=1S/C13H19N3O3/c1-2-6-19-11-5-3-4-10(7-11)16-13(18)9-15-12(17)8-14/h3-5,7H,2,6,8-9,14H2,1H3,(H,15,17)(H,16,18). The number of benzene rings is 1. The van der Waals surface area contributed by atoms with Crippen LogP contribution in [0.25, 0.3) is 0 Å². The summed E-state index contributed by atoms with van der Waals surface area (Å²) in [5.41, 5.74) is 5.74. The number of hydrogen-bond acceptors (Lipinski definition) is 4. The van der Waals surface area contributed by atoms with Gasteiger partial charge < -0.3 is 21.1 Å². The molecule has 0 heterocycles. The Hall–Kier alpha value is -2.08. The number of nitrogens with two attached hydrogens (primary N) is 1. The zero-order valence-corrected chi connectivity index (χ0v) is 10.9. The van der Waals surface area contributed by atoms with E-state index in [2.05, 4.69) is 10.6 Å². The minimum absolute atomic E-state index is 0.101. The minimum Gasteiger partial charge on any atom is -0.494 e. The smallest absolute Gasteiger partial charge is 0.243 e. The maximum atomic E-state index is 11.6. The average Bonchev–Trinajstić information content (AvgIpc) is 2.43. The Balaban J connectivity index is 2.47. The summed E-state index contributed by atoms with van der Waals surface area (Å²) in [6, 6.07) is 7.10. The largest absolute Gasteiger partial charge is 0.494 e. The third-order valence-corrected chi connectivity index (χ3v) is 2.22. The first kappa shape index (κ1) is 15.0. The molecule has 0 saturated heterocycles. The van der Waals surface area contributed by atoms with Crippen LogP contribution in [0, 0.1) is 0 Å². The maximum absolute atomic E-state index is 11.6. The molecule has 0 aliphatic heterocycles. The molecule has 6 heteroatoms. The van der Waals surface area contributed by atoms with Crippen molar-refractivity contribution in [3.8, 4) is 5.75 Å². The molecular weight excluding hydrogens is 246 g/mol. The van der Waals surface area contributed by atoms with Crippen molar-refractivity contribution in [3.63, 3.8) is 0 Å². The first-order valence-corrected chi connectivity index (χ1v) is 6.15. The number of nitrogens with one attached hydrogen (secondary N) is 2. The average molecular weight is 265 g/mol.